The van der Waals surface area contributed by atoms with Gasteiger partial charge in [0.1, 0.15) is 5.75 Å². The van der Waals surface area contributed by atoms with Gasteiger partial charge in [0.2, 0.25) is 0 Å². The first-order valence-electron chi connectivity index (χ1n) is 7.73. The third-order valence-corrected chi connectivity index (χ3v) is 8.27. The number of hydrogen-bond donors (Lipinski definition) is 3. The number of rotatable bonds is 7. The summed E-state index contributed by atoms with van der Waals surface area (Å²) in [6, 6.07) is 5.98. The smallest absolute Gasteiger partial charge is 0.274 e. The number of thiophene rings is 1. The van der Waals surface area contributed by atoms with E-state index < -0.39 is 22.0 Å². The van der Waals surface area contributed by atoms with Crippen LogP contribution in [-0.2, 0) is 10.0 Å². The van der Waals surface area contributed by atoms with Crippen molar-refractivity contribution in [3.05, 3.63) is 39.7 Å². The second-order valence-corrected chi connectivity index (χ2v) is 10.2. The van der Waals surface area contributed by atoms with Gasteiger partial charge in [-0.2, -0.15) is 0 Å². The van der Waals surface area contributed by atoms with E-state index in [0.717, 1.165) is 11.3 Å². The zero-order chi connectivity index (χ0) is 21.1. The lowest BCUT2D eigenvalue weighted by atomic mass is 10.1. The fourth-order valence-corrected chi connectivity index (χ4v) is 6.56. The minimum atomic E-state index is -3.88. The van der Waals surface area contributed by atoms with E-state index in [2.05, 4.69) is 22.3 Å². The predicted octanol–water partition coefficient (Wildman–Crippen LogP) is 3.14. The summed E-state index contributed by atoms with van der Waals surface area (Å²) in [6.07, 6.45) is 1.76. The molecular formula is C16H18ClN3O4S4. The molecule has 0 bridgehead atoms. The van der Waals surface area contributed by atoms with Crippen LogP contribution in [0, 0.1) is 0 Å². The predicted molar refractivity (Wildman–Crippen MR) is 117 cm³/mol. The lowest BCUT2D eigenvalue weighted by Crippen LogP contribution is -2.34. The fraction of sp³-hybridized carbons (Fsp3) is 0.250. The Kier molecular flexibility index (Phi) is 7.57. The van der Waals surface area contributed by atoms with Gasteiger partial charge in [-0.3, -0.25) is 9.52 Å². The molecule has 1 heterocycles. The summed E-state index contributed by atoms with van der Waals surface area (Å²) >= 11 is 12.9. The van der Waals surface area contributed by atoms with Gasteiger partial charge in [0.15, 0.2) is 9.32 Å². The number of carbonyl (C=O) groups is 1. The quantitative estimate of drug-likeness (QED) is 0.413. The van der Waals surface area contributed by atoms with Crippen LogP contribution in [0.3, 0.4) is 0 Å². The first kappa shape index (κ1) is 22.8. The molecule has 0 radical (unpaired) electrons. The number of sulfonamides is 1. The first-order chi connectivity index (χ1) is 13.1. The molecule has 2 aromatic rings. The van der Waals surface area contributed by atoms with Gasteiger partial charge in [0, 0.05) is 14.8 Å². The molecule has 7 nitrogen and oxygen atoms in total. The van der Waals surface area contributed by atoms with Crippen molar-refractivity contribution in [2.45, 2.75) is 22.1 Å². The summed E-state index contributed by atoms with van der Waals surface area (Å²) in [4.78, 5) is 13.8. The summed E-state index contributed by atoms with van der Waals surface area (Å²) in [5, 5.41) is 2.89. The van der Waals surface area contributed by atoms with E-state index in [1.807, 2.05) is 0 Å². The Morgan fingerprint density at radius 3 is 2.64 bits per heavy atom. The van der Waals surface area contributed by atoms with Crippen LogP contribution in [-0.4, -0.2) is 32.8 Å². The largest absolute Gasteiger partial charge is 0.496 e. The Hall–Kier alpha value is -1.53. The average molecular weight is 480 g/mol. The van der Waals surface area contributed by atoms with Crippen molar-refractivity contribution in [3.63, 3.8) is 0 Å². The molecule has 1 atom stereocenters. The van der Waals surface area contributed by atoms with E-state index in [1.165, 1.54) is 24.9 Å². The number of amides is 1. The number of halogens is 1. The van der Waals surface area contributed by atoms with Crippen molar-refractivity contribution in [2.75, 3.05) is 13.4 Å². The van der Waals surface area contributed by atoms with Gasteiger partial charge in [-0.25, -0.2) is 8.42 Å². The Morgan fingerprint density at radius 1 is 1.39 bits per heavy atom. The molecule has 0 aliphatic heterocycles. The Balaban J connectivity index is 2.30. The van der Waals surface area contributed by atoms with Gasteiger partial charge in [0.25, 0.3) is 15.9 Å². The highest BCUT2D eigenvalue weighted by Crippen LogP contribution is 2.36. The van der Waals surface area contributed by atoms with E-state index in [0.29, 0.717) is 20.5 Å². The molecule has 1 unspecified atom stereocenters. The molecule has 1 aromatic carbocycles. The molecule has 4 N–H and O–H groups in total. The van der Waals surface area contributed by atoms with E-state index in [9.17, 15) is 13.2 Å². The Bertz CT molecular complexity index is 1010. The minimum Gasteiger partial charge on any atom is -0.496 e. The molecule has 152 valence electrons. The van der Waals surface area contributed by atoms with E-state index >= 15 is 0 Å². The molecule has 0 spiro atoms. The summed E-state index contributed by atoms with van der Waals surface area (Å²) in [5.41, 5.74) is 5.59. The topological polar surface area (TPSA) is 111 Å². The van der Waals surface area contributed by atoms with Crippen molar-refractivity contribution < 1.29 is 17.9 Å². The highest BCUT2D eigenvalue weighted by Gasteiger charge is 2.25. The van der Waals surface area contributed by atoms with Crippen LogP contribution in [0.4, 0.5) is 0 Å². The standard InChI is InChI=1S/C16H18ClN3O4S4/c1-8(19-14(21)10-6-9(17)4-5-11(10)24-2)12-7-13(26-3)15(27-12)28(22,23)20-16(18)25/h4-8H,1-3H3,(H,19,21)(H3,18,20,25). The SMILES string of the molecule is COc1ccc(Cl)cc1C(=O)NC(C)c1cc(SC)c(S(=O)(=O)NC(N)=S)s1. The molecule has 0 saturated heterocycles. The van der Waals surface area contributed by atoms with Gasteiger partial charge < -0.3 is 15.8 Å². The van der Waals surface area contributed by atoms with Crippen LogP contribution < -0.4 is 20.5 Å². The number of benzene rings is 1. The monoisotopic (exact) mass is 479 g/mol. The third-order valence-electron chi connectivity index (χ3n) is 3.56. The van der Waals surface area contributed by atoms with Crippen LogP contribution >= 0.6 is 46.9 Å². The molecule has 1 amide bonds. The molecule has 12 heteroatoms. The van der Waals surface area contributed by atoms with Crippen molar-refractivity contribution >= 4 is 68.0 Å². The maximum absolute atomic E-state index is 12.6. The molecule has 28 heavy (non-hydrogen) atoms. The van der Waals surface area contributed by atoms with Crippen molar-refractivity contribution in [1.82, 2.24) is 10.0 Å². The van der Waals surface area contributed by atoms with Gasteiger partial charge in [-0.05, 0) is 49.7 Å². The van der Waals surface area contributed by atoms with Gasteiger partial charge in [0.05, 0.1) is 18.7 Å². The second kappa shape index (κ2) is 9.31. The van der Waals surface area contributed by atoms with Crippen molar-refractivity contribution in [2.24, 2.45) is 5.73 Å². The van der Waals surface area contributed by atoms with Crippen molar-refractivity contribution in [3.8, 4) is 5.75 Å². The Labute approximate surface area is 182 Å². The number of methoxy groups -OCH3 is 1. The zero-order valence-electron chi connectivity index (χ0n) is 15.1. The van der Waals surface area contributed by atoms with Crippen LogP contribution in [0.1, 0.15) is 28.2 Å². The first-order valence-corrected chi connectivity index (χ1v) is 12.0. The van der Waals surface area contributed by atoms with Crippen molar-refractivity contribution in [1.29, 1.82) is 0 Å². The van der Waals surface area contributed by atoms with E-state index in [1.54, 1.807) is 31.4 Å². The zero-order valence-corrected chi connectivity index (χ0v) is 19.1. The lowest BCUT2D eigenvalue weighted by molar-refractivity contribution is 0.0937. The molecule has 1 aromatic heterocycles. The maximum atomic E-state index is 12.6. The van der Waals surface area contributed by atoms with Gasteiger partial charge >= 0.3 is 0 Å². The van der Waals surface area contributed by atoms with Gasteiger partial charge in [-0.15, -0.1) is 23.1 Å². The lowest BCUT2D eigenvalue weighted by Gasteiger charge is -2.14. The molecule has 0 fully saturated rings. The number of carbonyl (C=O) groups excluding carboxylic acids is 1. The van der Waals surface area contributed by atoms with Crippen LogP contribution in [0.15, 0.2) is 33.4 Å². The molecule has 0 aliphatic carbocycles. The molecule has 2 rings (SSSR count). The normalized spacial score (nSPS) is 12.3. The average Bonchev–Trinajstić information content (AvgIpc) is 3.06. The summed E-state index contributed by atoms with van der Waals surface area (Å²) < 4.78 is 32.2. The number of thioether (sulfide) groups is 1. The summed E-state index contributed by atoms with van der Waals surface area (Å²) in [5.74, 6) is -0.00868. The minimum absolute atomic E-state index is 0.0873. The Morgan fingerprint density at radius 2 is 2.07 bits per heavy atom. The number of ether oxygens (including phenoxy) is 1. The van der Waals surface area contributed by atoms with Crippen LogP contribution in [0.5, 0.6) is 5.75 Å². The van der Waals surface area contributed by atoms with E-state index in [-0.39, 0.29) is 14.9 Å². The maximum Gasteiger partial charge on any atom is 0.274 e. The number of nitrogens with one attached hydrogen (secondary N) is 2. The van der Waals surface area contributed by atoms with Gasteiger partial charge in [-0.1, -0.05) is 11.6 Å². The molecule has 0 saturated carbocycles. The third kappa shape index (κ3) is 5.29. The van der Waals surface area contributed by atoms with E-state index in [4.69, 9.17) is 22.1 Å². The highest BCUT2D eigenvalue weighted by molar-refractivity contribution is 8.00. The molecular weight excluding hydrogens is 462 g/mol. The fourth-order valence-electron chi connectivity index (χ4n) is 2.30. The number of thiocarbonyl (C=S) groups is 1. The second-order valence-electron chi connectivity index (χ2n) is 5.51. The number of nitrogens with two attached hydrogens (primary N) is 1. The summed E-state index contributed by atoms with van der Waals surface area (Å²) in [7, 11) is -2.42. The molecule has 0 aliphatic rings. The van der Waals surface area contributed by atoms with Crippen LogP contribution in [0.25, 0.3) is 0 Å². The van der Waals surface area contributed by atoms with Crippen LogP contribution in [0.2, 0.25) is 5.02 Å². The highest BCUT2D eigenvalue weighted by atomic mass is 35.5. The summed E-state index contributed by atoms with van der Waals surface area (Å²) in [6.45, 7) is 1.75. The number of hydrogen-bond acceptors (Lipinski definition) is 7.